The van der Waals surface area contributed by atoms with Crippen LogP contribution in [0.3, 0.4) is 0 Å². The van der Waals surface area contributed by atoms with Gasteiger partial charge in [-0.3, -0.25) is 4.79 Å². The van der Waals surface area contributed by atoms with Gasteiger partial charge >= 0.3 is 6.09 Å². The first kappa shape index (κ1) is 27.4. The van der Waals surface area contributed by atoms with Crippen LogP contribution in [0, 0.1) is 0 Å². The Morgan fingerprint density at radius 2 is 1.86 bits per heavy atom. The Balaban J connectivity index is 1.71. The smallest absolute Gasteiger partial charge is 0.407 e. The van der Waals surface area contributed by atoms with E-state index in [9.17, 15) is 14.1 Å². The third kappa shape index (κ3) is 8.20. The lowest BCUT2D eigenvalue weighted by molar-refractivity contribution is -0.105. The number of anilines is 1. The number of carbonyl (C=O) groups is 2. The van der Waals surface area contributed by atoms with Gasteiger partial charge < -0.3 is 19.9 Å². The molecular weight excluding hydrogens is 484 g/mol. The van der Waals surface area contributed by atoms with Gasteiger partial charge in [0, 0.05) is 29.9 Å². The Morgan fingerprint density at radius 3 is 2.46 bits per heavy atom. The summed E-state index contributed by atoms with van der Waals surface area (Å²) in [7, 11) is 0. The highest BCUT2D eigenvalue weighted by Crippen LogP contribution is 2.40. The van der Waals surface area contributed by atoms with Crippen molar-refractivity contribution in [3.05, 3.63) is 29.4 Å². The van der Waals surface area contributed by atoms with Gasteiger partial charge in [0.15, 0.2) is 4.90 Å². The minimum atomic E-state index is -1.47. The van der Waals surface area contributed by atoms with Crippen molar-refractivity contribution in [1.82, 2.24) is 15.0 Å². The molecule has 2 amide bonds. The Morgan fingerprint density at radius 1 is 1.17 bits per heavy atom. The molecule has 0 radical (unpaired) electrons. The highest BCUT2D eigenvalue weighted by molar-refractivity contribution is 7.89. The summed E-state index contributed by atoms with van der Waals surface area (Å²) in [6.45, 7) is 11.4. The van der Waals surface area contributed by atoms with Crippen LogP contribution in [-0.4, -0.2) is 39.2 Å². The number of carbonyl (C=O) groups excluding carboxylic acids is 2. The van der Waals surface area contributed by atoms with Gasteiger partial charge in [-0.1, -0.05) is 0 Å². The van der Waals surface area contributed by atoms with Crippen LogP contribution in [0.25, 0.3) is 10.4 Å². The van der Waals surface area contributed by atoms with Crippen LogP contribution < -0.4 is 15.4 Å². The SMILES string of the molecule is CC(C)(C)N[S+]([O-])c1cc(NC=O)ccc1-c1cnc(C2CCC(NC(=O)OC(C)(C)C)CC2)s1. The van der Waals surface area contributed by atoms with E-state index in [-0.39, 0.29) is 17.7 Å². The lowest BCUT2D eigenvalue weighted by Gasteiger charge is -2.29. The molecule has 8 nitrogen and oxygen atoms in total. The van der Waals surface area contributed by atoms with Crippen molar-refractivity contribution in [3.63, 3.8) is 0 Å². The quantitative estimate of drug-likeness (QED) is 0.335. The van der Waals surface area contributed by atoms with Crippen molar-refractivity contribution in [2.24, 2.45) is 0 Å². The first-order valence-corrected chi connectivity index (χ1v) is 13.8. The summed E-state index contributed by atoms with van der Waals surface area (Å²) in [4.78, 5) is 29.2. The molecule has 1 aliphatic rings. The predicted octanol–water partition coefficient (Wildman–Crippen LogP) is 5.34. The van der Waals surface area contributed by atoms with E-state index in [1.165, 1.54) is 0 Å². The number of hydrogen-bond acceptors (Lipinski definition) is 7. The molecule has 0 bridgehead atoms. The second-order valence-corrected chi connectivity index (χ2v) is 13.1. The lowest BCUT2D eigenvalue weighted by Crippen LogP contribution is -2.40. The molecule has 1 aromatic carbocycles. The van der Waals surface area contributed by atoms with Crippen LogP contribution in [-0.2, 0) is 20.9 Å². The van der Waals surface area contributed by atoms with Crippen LogP contribution in [0.15, 0.2) is 29.3 Å². The summed E-state index contributed by atoms with van der Waals surface area (Å²) >= 11 is 0.138. The number of hydrogen-bond donors (Lipinski definition) is 3. The Kier molecular flexibility index (Phi) is 8.85. The first-order valence-electron chi connectivity index (χ1n) is 11.8. The Bertz CT molecular complexity index is 1020. The van der Waals surface area contributed by atoms with Gasteiger partial charge in [0.1, 0.15) is 5.60 Å². The number of amides is 2. The summed E-state index contributed by atoms with van der Waals surface area (Å²) in [5.74, 6) is 0.322. The van der Waals surface area contributed by atoms with Gasteiger partial charge in [0.05, 0.1) is 32.3 Å². The molecule has 0 spiro atoms. The molecule has 1 aromatic heterocycles. The summed E-state index contributed by atoms with van der Waals surface area (Å²) in [5.41, 5.74) is 0.565. The van der Waals surface area contributed by atoms with Gasteiger partial charge in [-0.05, 0) is 79.4 Å². The maximum Gasteiger partial charge on any atom is 0.407 e. The maximum atomic E-state index is 13.2. The zero-order valence-electron chi connectivity index (χ0n) is 21.3. The van der Waals surface area contributed by atoms with Crippen LogP contribution in [0.1, 0.15) is 78.2 Å². The molecule has 1 aliphatic carbocycles. The molecule has 192 valence electrons. The van der Waals surface area contributed by atoms with Crippen molar-refractivity contribution in [1.29, 1.82) is 0 Å². The molecule has 1 heterocycles. The number of thiazole rings is 1. The molecule has 35 heavy (non-hydrogen) atoms. The molecule has 3 rings (SSSR count). The number of alkyl carbamates (subject to hydrolysis) is 1. The summed E-state index contributed by atoms with van der Waals surface area (Å²) in [6, 6.07) is 5.53. The topological polar surface area (TPSA) is 115 Å². The van der Waals surface area contributed by atoms with Gasteiger partial charge in [0.2, 0.25) is 6.41 Å². The zero-order valence-corrected chi connectivity index (χ0v) is 22.9. The molecule has 1 saturated carbocycles. The van der Waals surface area contributed by atoms with Crippen molar-refractivity contribution in [3.8, 4) is 10.4 Å². The summed E-state index contributed by atoms with van der Waals surface area (Å²) in [5, 5.41) is 6.67. The molecular formula is C25H36N4O4S2. The monoisotopic (exact) mass is 520 g/mol. The van der Waals surface area contributed by atoms with Crippen molar-refractivity contribution in [2.45, 2.75) is 95.2 Å². The minimum Gasteiger partial charge on any atom is -0.593 e. The Labute approximate surface area is 214 Å². The highest BCUT2D eigenvalue weighted by atomic mass is 32.2. The van der Waals surface area contributed by atoms with Crippen molar-refractivity contribution in [2.75, 3.05) is 5.32 Å². The Hall–Kier alpha value is -2.14. The molecule has 0 saturated heterocycles. The molecule has 1 unspecified atom stereocenters. The predicted molar refractivity (Wildman–Crippen MR) is 141 cm³/mol. The molecule has 0 aliphatic heterocycles. The average molecular weight is 521 g/mol. The van der Waals surface area contributed by atoms with Gasteiger partial charge in [-0.15, -0.1) is 16.1 Å². The fourth-order valence-electron chi connectivity index (χ4n) is 3.93. The highest BCUT2D eigenvalue weighted by Gasteiger charge is 2.29. The van der Waals surface area contributed by atoms with E-state index in [4.69, 9.17) is 9.72 Å². The van der Waals surface area contributed by atoms with Gasteiger partial charge in [-0.25, -0.2) is 9.78 Å². The average Bonchev–Trinajstić information content (AvgIpc) is 3.22. The minimum absolute atomic E-state index is 0.107. The van der Waals surface area contributed by atoms with E-state index in [1.54, 1.807) is 23.5 Å². The van der Waals surface area contributed by atoms with E-state index in [2.05, 4.69) is 15.4 Å². The van der Waals surface area contributed by atoms with Crippen LogP contribution in [0.4, 0.5) is 10.5 Å². The van der Waals surface area contributed by atoms with E-state index in [0.29, 0.717) is 22.9 Å². The fourth-order valence-corrected chi connectivity index (χ4v) is 6.40. The van der Waals surface area contributed by atoms with Crippen LogP contribution in [0.2, 0.25) is 0 Å². The van der Waals surface area contributed by atoms with E-state index in [1.807, 2.05) is 53.8 Å². The van der Waals surface area contributed by atoms with Gasteiger partial charge in [-0.2, -0.15) is 0 Å². The summed E-state index contributed by atoms with van der Waals surface area (Å²) in [6.07, 6.45) is 5.68. The van der Waals surface area contributed by atoms with E-state index in [0.717, 1.165) is 41.1 Å². The second-order valence-electron chi connectivity index (χ2n) is 10.9. The number of rotatable bonds is 7. The lowest BCUT2D eigenvalue weighted by atomic mass is 9.86. The molecule has 3 N–H and O–H groups in total. The normalized spacial score (nSPS) is 19.6. The van der Waals surface area contributed by atoms with E-state index >= 15 is 0 Å². The zero-order chi connectivity index (χ0) is 25.8. The molecule has 1 atom stereocenters. The number of ether oxygens (including phenoxy) is 1. The number of nitrogens with one attached hydrogen (secondary N) is 3. The molecule has 2 aromatic rings. The number of nitrogens with zero attached hydrogens (tertiary/aromatic N) is 1. The summed E-state index contributed by atoms with van der Waals surface area (Å²) < 4.78 is 21.6. The van der Waals surface area contributed by atoms with Crippen molar-refractivity contribution < 1.29 is 18.9 Å². The maximum absolute atomic E-state index is 13.2. The largest absolute Gasteiger partial charge is 0.593 e. The van der Waals surface area contributed by atoms with Gasteiger partial charge in [0.25, 0.3) is 0 Å². The van der Waals surface area contributed by atoms with Crippen LogP contribution in [0.5, 0.6) is 0 Å². The first-order chi connectivity index (χ1) is 16.3. The van der Waals surface area contributed by atoms with Crippen molar-refractivity contribution >= 4 is 40.9 Å². The molecule has 1 fully saturated rings. The third-order valence-corrected chi connectivity index (χ3v) is 8.12. The van der Waals surface area contributed by atoms with Crippen LogP contribution >= 0.6 is 11.3 Å². The third-order valence-electron chi connectivity index (χ3n) is 5.39. The fraction of sp³-hybridized carbons (Fsp3) is 0.560. The van der Waals surface area contributed by atoms with E-state index < -0.39 is 17.0 Å². The molecule has 10 heteroatoms. The number of aromatic nitrogens is 1. The number of benzene rings is 1. The standard InChI is InChI=1S/C25H36N4O4S2/c1-24(2,3)29-35(32)21-13-18(27-15-30)11-12-19(21)20-14-26-22(34-20)16-7-9-17(10-8-16)28-23(31)33-25(4,5)6/h11-17,29H,7-10H2,1-6H3,(H,27,30)(H,28,31). The second kappa shape index (κ2) is 11.3.